The Labute approximate surface area is 190 Å². The van der Waals surface area contributed by atoms with Gasteiger partial charge >= 0.3 is 5.69 Å². The second-order valence-corrected chi connectivity index (χ2v) is 7.47. The molecule has 7 nitrogen and oxygen atoms in total. The minimum absolute atomic E-state index is 0.0559. The van der Waals surface area contributed by atoms with Crippen LogP contribution >= 0.6 is 11.6 Å². The molecular weight excluding hydrogens is 461 g/mol. The molecule has 11 heteroatoms. The fourth-order valence-electron chi connectivity index (χ4n) is 2.95. The van der Waals surface area contributed by atoms with E-state index in [0.29, 0.717) is 5.56 Å². The van der Waals surface area contributed by atoms with Gasteiger partial charge in [-0.05, 0) is 29.8 Å². The van der Waals surface area contributed by atoms with Crippen LogP contribution in [0.3, 0.4) is 0 Å². The SMILES string of the molecule is Cn1cc(Cn2cc(Cl)c(OCc3ccc(Oc4ccc(F)c(F)c4)c(F)c3)nc2=O)cn1. The molecule has 0 aliphatic heterocycles. The van der Waals surface area contributed by atoms with Crippen LogP contribution in [-0.2, 0) is 20.2 Å². The molecule has 2 heterocycles. The first-order valence-electron chi connectivity index (χ1n) is 9.57. The molecule has 33 heavy (non-hydrogen) atoms. The lowest BCUT2D eigenvalue weighted by molar-refractivity contribution is 0.290. The van der Waals surface area contributed by atoms with Gasteiger partial charge in [-0.1, -0.05) is 17.7 Å². The van der Waals surface area contributed by atoms with E-state index in [4.69, 9.17) is 21.1 Å². The van der Waals surface area contributed by atoms with E-state index in [1.807, 2.05) is 0 Å². The van der Waals surface area contributed by atoms with Crippen LogP contribution in [0.25, 0.3) is 0 Å². The van der Waals surface area contributed by atoms with E-state index in [0.717, 1.165) is 23.8 Å². The summed E-state index contributed by atoms with van der Waals surface area (Å²) in [6.07, 6.45) is 4.79. The highest BCUT2D eigenvalue weighted by atomic mass is 35.5. The molecule has 0 aliphatic rings. The van der Waals surface area contributed by atoms with E-state index in [1.165, 1.54) is 29.0 Å². The molecule has 0 atom stereocenters. The average molecular weight is 477 g/mol. The van der Waals surface area contributed by atoms with Crippen LogP contribution < -0.4 is 15.2 Å². The summed E-state index contributed by atoms with van der Waals surface area (Å²) >= 11 is 6.19. The fraction of sp³-hybridized carbons (Fsp3) is 0.136. The molecule has 4 rings (SSSR count). The number of ether oxygens (including phenoxy) is 2. The summed E-state index contributed by atoms with van der Waals surface area (Å²) in [5.74, 6) is -3.21. The number of hydrogen-bond donors (Lipinski definition) is 0. The van der Waals surface area contributed by atoms with Gasteiger partial charge in [-0.15, -0.1) is 0 Å². The summed E-state index contributed by atoms with van der Waals surface area (Å²) in [7, 11) is 1.76. The Bertz CT molecular complexity index is 1370. The van der Waals surface area contributed by atoms with E-state index in [-0.39, 0.29) is 35.6 Å². The Balaban J connectivity index is 1.43. The predicted molar refractivity (Wildman–Crippen MR) is 113 cm³/mol. The van der Waals surface area contributed by atoms with Crippen LogP contribution in [0.4, 0.5) is 13.2 Å². The average Bonchev–Trinajstić information content (AvgIpc) is 3.18. The monoisotopic (exact) mass is 476 g/mol. The first kappa shape index (κ1) is 22.4. The summed E-state index contributed by atoms with van der Waals surface area (Å²) in [5.41, 5.74) is 0.634. The molecule has 0 amide bonds. The van der Waals surface area contributed by atoms with Crippen LogP contribution in [0, 0.1) is 17.5 Å². The maximum absolute atomic E-state index is 14.4. The molecule has 0 unspecified atom stereocenters. The molecule has 2 aromatic heterocycles. The highest BCUT2D eigenvalue weighted by molar-refractivity contribution is 6.31. The van der Waals surface area contributed by atoms with Gasteiger partial charge in [0.15, 0.2) is 23.2 Å². The number of rotatable bonds is 7. The van der Waals surface area contributed by atoms with Gasteiger partial charge in [-0.2, -0.15) is 10.1 Å². The minimum Gasteiger partial charge on any atom is -0.472 e. The Morgan fingerprint density at radius 1 is 1.00 bits per heavy atom. The van der Waals surface area contributed by atoms with Crippen molar-refractivity contribution in [3.63, 3.8) is 0 Å². The van der Waals surface area contributed by atoms with Gasteiger partial charge in [0.1, 0.15) is 17.4 Å². The maximum atomic E-state index is 14.4. The number of aryl methyl sites for hydroxylation is 1. The first-order chi connectivity index (χ1) is 15.8. The van der Waals surface area contributed by atoms with E-state index in [9.17, 15) is 18.0 Å². The molecule has 4 aromatic rings. The Morgan fingerprint density at radius 3 is 2.52 bits per heavy atom. The second kappa shape index (κ2) is 9.37. The lowest BCUT2D eigenvalue weighted by Crippen LogP contribution is -2.23. The van der Waals surface area contributed by atoms with Crippen molar-refractivity contribution in [2.24, 2.45) is 7.05 Å². The number of halogens is 4. The van der Waals surface area contributed by atoms with Crippen molar-refractivity contribution in [1.29, 1.82) is 0 Å². The van der Waals surface area contributed by atoms with Gasteiger partial charge in [0.05, 0.1) is 12.7 Å². The summed E-state index contributed by atoms with van der Waals surface area (Å²) in [4.78, 5) is 16.1. The number of aromatic nitrogens is 4. The first-order valence-corrected chi connectivity index (χ1v) is 9.95. The Morgan fingerprint density at radius 2 is 1.82 bits per heavy atom. The maximum Gasteiger partial charge on any atom is 0.351 e. The van der Waals surface area contributed by atoms with E-state index < -0.39 is 23.1 Å². The lowest BCUT2D eigenvalue weighted by atomic mass is 10.2. The third-order valence-corrected chi connectivity index (χ3v) is 4.78. The largest absolute Gasteiger partial charge is 0.472 e. The number of benzene rings is 2. The van der Waals surface area contributed by atoms with E-state index in [1.54, 1.807) is 24.1 Å². The Hall–Kier alpha value is -3.79. The fourth-order valence-corrected chi connectivity index (χ4v) is 3.17. The van der Waals surface area contributed by atoms with E-state index in [2.05, 4.69) is 10.1 Å². The standard InChI is InChI=1S/C22H16ClF3N4O3/c1-29-9-14(8-27-29)10-30-11-16(23)21(28-22(30)31)32-12-13-2-5-20(19(26)6-13)33-15-3-4-17(24)18(25)7-15/h2-9,11H,10,12H2,1H3. The van der Waals surface area contributed by atoms with Crippen LogP contribution in [0.5, 0.6) is 17.4 Å². The van der Waals surface area contributed by atoms with Crippen molar-refractivity contribution in [1.82, 2.24) is 19.3 Å². The van der Waals surface area contributed by atoms with Gasteiger partial charge in [0, 0.05) is 31.1 Å². The van der Waals surface area contributed by atoms with E-state index >= 15 is 0 Å². The van der Waals surface area contributed by atoms with Crippen LogP contribution in [0.2, 0.25) is 5.02 Å². The molecule has 0 radical (unpaired) electrons. The minimum atomic E-state index is -1.11. The van der Waals surface area contributed by atoms with Gasteiger partial charge in [-0.25, -0.2) is 18.0 Å². The molecule has 0 N–H and O–H groups in total. The topological polar surface area (TPSA) is 71.2 Å². The normalized spacial score (nSPS) is 10.9. The third-order valence-electron chi connectivity index (χ3n) is 4.52. The van der Waals surface area contributed by atoms with Crippen molar-refractivity contribution in [2.75, 3.05) is 0 Å². The Kier molecular flexibility index (Phi) is 6.36. The molecule has 170 valence electrons. The van der Waals surface area contributed by atoms with Gasteiger partial charge in [0.25, 0.3) is 0 Å². The zero-order valence-corrected chi connectivity index (χ0v) is 17.9. The lowest BCUT2D eigenvalue weighted by Gasteiger charge is -2.11. The molecule has 0 spiro atoms. The molecule has 0 saturated carbocycles. The smallest absolute Gasteiger partial charge is 0.351 e. The molecule has 0 fully saturated rings. The van der Waals surface area contributed by atoms with Crippen molar-refractivity contribution in [3.05, 3.63) is 99.1 Å². The van der Waals surface area contributed by atoms with Crippen molar-refractivity contribution < 1.29 is 22.6 Å². The van der Waals surface area contributed by atoms with Gasteiger partial charge in [0.2, 0.25) is 5.88 Å². The number of hydrogen-bond acceptors (Lipinski definition) is 5. The molecule has 0 bridgehead atoms. The van der Waals surface area contributed by atoms with Crippen LogP contribution in [0.15, 0.2) is 59.8 Å². The molecular formula is C22H16ClF3N4O3. The summed E-state index contributed by atoms with van der Waals surface area (Å²) in [5, 5.41) is 4.15. The van der Waals surface area contributed by atoms with Crippen LogP contribution in [-0.4, -0.2) is 19.3 Å². The van der Waals surface area contributed by atoms with Crippen molar-refractivity contribution >= 4 is 11.6 Å². The summed E-state index contributed by atoms with van der Waals surface area (Å²) in [6, 6.07) is 6.85. The zero-order chi connectivity index (χ0) is 23.5. The second-order valence-electron chi connectivity index (χ2n) is 7.06. The molecule has 0 saturated heterocycles. The van der Waals surface area contributed by atoms with Gasteiger partial charge in [-0.3, -0.25) is 9.25 Å². The summed E-state index contributed by atoms with van der Waals surface area (Å²) < 4.78 is 54.4. The quantitative estimate of drug-likeness (QED) is 0.393. The zero-order valence-electron chi connectivity index (χ0n) is 17.1. The number of nitrogens with zero attached hydrogens (tertiary/aromatic N) is 4. The highest BCUT2D eigenvalue weighted by Gasteiger charge is 2.12. The van der Waals surface area contributed by atoms with Crippen LogP contribution in [0.1, 0.15) is 11.1 Å². The van der Waals surface area contributed by atoms with Crippen molar-refractivity contribution in [2.45, 2.75) is 13.2 Å². The third kappa shape index (κ3) is 5.35. The molecule has 0 aliphatic carbocycles. The van der Waals surface area contributed by atoms with Gasteiger partial charge < -0.3 is 9.47 Å². The summed E-state index contributed by atoms with van der Waals surface area (Å²) in [6.45, 7) is 0.117. The van der Waals surface area contributed by atoms with Crippen molar-refractivity contribution in [3.8, 4) is 17.4 Å². The highest BCUT2D eigenvalue weighted by Crippen LogP contribution is 2.27. The predicted octanol–water partition coefficient (Wildman–Crippen LogP) is 4.47. The molecule has 2 aromatic carbocycles.